The highest BCUT2D eigenvalue weighted by atomic mass is 32.2. The van der Waals surface area contributed by atoms with Gasteiger partial charge in [0.25, 0.3) is 15.9 Å². The number of amidine groups is 1. The minimum absolute atomic E-state index is 0.0663. The standard InChI is InChI=1S/C19H17FN2O4S2/c1-3-22-18(23)17(12-13-4-8-15(26-2)9-5-13)27-19(22)21-28(24,25)16-10-6-14(20)7-11-16/h4-12H,3H2,1-2H3/b17-12-,21-19?. The zero-order chi connectivity index (χ0) is 20.3. The molecule has 6 nitrogen and oxygen atoms in total. The normalized spacial score (nSPS) is 17.5. The highest BCUT2D eigenvalue weighted by Crippen LogP contribution is 2.33. The molecule has 0 saturated carbocycles. The van der Waals surface area contributed by atoms with Gasteiger partial charge in [0.2, 0.25) is 0 Å². The fourth-order valence-corrected chi connectivity index (χ4v) is 4.71. The van der Waals surface area contributed by atoms with Crippen molar-refractivity contribution in [1.29, 1.82) is 0 Å². The predicted molar refractivity (Wildman–Crippen MR) is 107 cm³/mol. The van der Waals surface area contributed by atoms with Crippen molar-refractivity contribution in [1.82, 2.24) is 4.90 Å². The van der Waals surface area contributed by atoms with Gasteiger partial charge in [0.15, 0.2) is 5.17 Å². The molecule has 2 aromatic rings. The minimum Gasteiger partial charge on any atom is -0.497 e. The first-order valence-electron chi connectivity index (χ1n) is 8.30. The fraction of sp³-hybridized carbons (Fsp3) is 0.158. The summed E-state index contributed by atoms with van der Waals surface area (Å²) in [6.45, 7) is 2.00. The SMILES string of the molecule is CCN1C(=O)/C(=C/c2ccc(OC)cc2)SC1=NS(=O)(=O)c1ccc(F)cc1. The molecule has 2 aromatic carbocycles. The fourth-order valence-electron chi connectivity index (χ4n) is 2.47. The Labute approximate surface area is 166 Å². The molecule has 146 valence electrons. The minimum atomic E-state index is -4.07. The summed E-state index contributed by atoms with van der Waals surface area (Å²) in [5, 5.41) is 0.0663. The van der Waals surface area contributed by atoms with Crippen LogP contribution in [0.1, 0.15) is 12.5 Å². The predicted octanol–water partition coefficient (Wildman–Crippen LogP) is 3.52. The average Bonchev–Trinajstić information content (AvgIpc) is 2.96. The monoisotopic (exact) mass is 420 g/mol. The van der Waals surface area contributed by atoms with Crippen LogP contribution < -0.4 is 4.74 Å². The van der Waals surface area contributed by atoms with Crippen LogP contribution in [0.15, 0.2) is 62.7 Å². The van der Waals surface area contributed by atoms with E-state index in [1.807, 2.05) is 0 Å². The van der Waals surface area contributed by atoms with E-state index < -0.39 is 15.8 Å². The van der Waals surface area contributed by atoms with Crippen molar-refractivity contribution in [3.63, 3.8) is 0 Å². The van der Waals surface area contributed by atoms with Gasteiger partial charge in [-0.05, 0) is 66.7 Å². The molecule has 0 radical (unpaired) electrons. The maximum Gasteiger partial charge on any atom is 0.284 e. The number of likely N-dealkylation sites (N-methyl/N-ethyl adjacent to an activating group) is 1. The second kappa shape index (κ2) is 8.15. The van der Waals surface area contributed by atoms with E-state index in [1.165, 1.54) is 4.90 Å². The van der Waals surface area contributed by atoms with Gasteiger partial charge >= 0.3 is 0 Å². The first-order valence-corrected chi connectivity index (χ1v) is 10.6. The van der Waals surface area contributed by atoms with E-state index in [9.17, 15) is 17.6 Å². The quantitative estimate of drug-likeness (QED) is 0.692. The number of carbonyl (C=O) groups is 1. The Morgan fingerprint density at radius 1 is 1.14 bits per heavy atom. The molecule has 0 atom stereocenters. The molecule has 9 heteroatoms. The van der Waals surface area contributed by atoms with E-state index in [4.69, 9.17) is 4.74 Å². The third-order valence-corrected chi connectivity index (χ3v) is 6.33. The maximum absolute atomic E-state index is 13.1. The smallest absolute Gasteiger partial charge is 0.284 e. The van der Waals surface area contributed by atoms with Crippen LogP contribution in [-0.4, -0.2) is 38.0 Å². The molecule has 1 heterocycles. The summed E-state index contributed by atoms with van der Waals surface area (Å²) in [5.41, 5.74) is 0.773. The van der Waals surface area contributed by atoms with Gasteiger partial charge in [0.1, 0.15) is 11.6 Å². The molecule has 1 saturated heterocycles. The van der Waals surface area contributed by atoms with Gasteiger partial charge in [-0.25, -0.2) is 4.39 Å². The van der Waals surface area contributed by atoms with Crippen LogP contribution >= 0.6 is 11.8 Å². The molecule has 3 rings (SSSR count). The number of rotatable bonds is 5. The Morgan fingerprint density at radius 2 is 1.79 bits per heavy atom. The third-order valence-electron chi connectivity index (χ3n) is 3.93. The van der Waals surface area contributed by atoms with Crippen LogP contribution in [0.5, 0.6) is 5.75 Å². The van der Waals surface area contributed by atoms with Gasteiger partial charge in [-0.15, -0.1) is 4.40 Å². The summed E-state index contributed by atoms with van der Waals surface area (Å²) < 4.78 is 47.0. The Balaban J connectivity index is 1.93. The molecule has 28 heavy (non-hydrogen) atoms. The molecule has 1 aliphatic heterocycles. The number of hydrogen-bond acceptors (Lipinski definition) is 5. The second-order valence-electron chi connectivity index (χ2n) is 5.74. The van der Waals surface area contributed by atoms with Gasteiger partial charge in [0.05, 0.1) is 16.9 Å². The number of benzene rings is 2. The molecule has 0 N–H and O–H groups in total. The molecule has 0 aromatic heterocycles. The first kappa shape index (κ1) is 20.1. The number of halogens is 1. The number of methoxy groups -OCH3 is 1. The summed E-state index contributed by atoms with van der Waals surface area (Å²) in [7, 11) is -2.51. The lowest BCUT2D eigenvalue weighted by Gasteiger charge is -2.11. The number of carbonyl (C=O) groups excluding carboxylic acids is 1. The van der Waals surface area contributed by atoms with Crippen LogP contribution in [0.25, 0.3) is 6.08 Å². The van der Waals surface area contributed by atoms with Crippen molar-refractivity contribution < 1.29 is 22.3 Å². The van der Waals surface area contributed by atoms with Crippen LogP contribution in [0, 0.1) is 5.82 Å². The number of sulfonamides is 1. The lowest BCUT2D eigenvalue weighted by Crippen LogP contribution is -2.29. The number of ether oxygens (including phenoxy) is 1. The Hall–Kier alpha value is -2.65. The molecule has 0 unspecified atom stereocenters. The summed E-state index contributed by atoms with van der Waals surface area (Å²) in [6.07, 6.45) is 1.67. The Morgan fingerprint density at radius 3 is 2.36 bits per heavy atom. The van der Waals surface area contributed by atoms with Gasteiger partial charge in [-0.3, -0.25) is 9.69 Å². The zero-order valence-corrected chi connectivity index (χ0v) is 16.8. The maximum atomic E-state index is 13.1. The number of hydrogen-bond donors (Lipinski definition) is 0. The molecule has 0 spiro atoms. The van der Waals surface area contributed by atoms with Gasteiger partial charge in [0, 0.05) is 6.54 Å². The molecule has 1 aliphatic rings. The Bertz CT molecular complexity index is 1050. The molecular weight excluding hydrogens is 403 g/mol. The van der Waals surface area contributed by atoms with Crippen LogP contribution in [0.4, 0.5) is 4.39 Å². The summed E-state index contributed by atoms with van der Waals surface area (Å²) in [5.74, 6) is -0.177. The molecule has 0 bridgehead atoms. The summed E-state index contributed by atoms with van der Waals surface area (Å²) >= 11 is 0.984. The number of nitrogens with zero attached hydrogens (tertiary/aromatic N) is 2. The molecular formula is C19H17FN2O4S2. The van der Waals surface area contributed by atoms with Crippen molar-refractivity contribution in [2.75, 3.05) is 13.7 Å². The Kier molecular flexibility index (Phi) is 5.85. The highest BCUT2D eigenvalue weighted by Gasteiger charge is 2.34. The van der Waals surface area contributed by atoms with Crippen LogP contribution in [0.3, 0.4) is 0 Å². The van der Waals surface area contributed by atoms with E-state index in [1.54, 1.807) is 44.4 Å². The van der Waals surface area contributed by atoms with Crippen molar-refractivity contribution in [3.8, 4) is 5.75 Å². The average molecular weight is 420 g/mol. The van der Waals surface area contributed by atoms with Crippen molar-refractivity contribution in [2.45, 2.75) is 11.8 Å². The number of amides is 1. The highest BCUT2D eigenvalue weighted by molar-refractivity contribution is 8.19. The molecule has 0 aliphatic carbocycles. The second-order valence-corrected chi connectivity index (χ2v) is 8.35. The van der Waals surface area contributed by atoms with Crippen LogP contribution in [0.2, 0.25) is 0 Å². The van der Waals surface area contributed by atoms with E-state index in [-0.39, 0.29) is 22.5 Å². The van der Waals surface area contributed by atoms with E-state index in [2.05, 4.69) is 4.40 Å². The first-order chi connectivity index (χ1) is 13.3. The zero-order valence-electron chi connectivity index (χ0n) is 15.1. The van der Waals surface area contributed by atoms with Crippen LogP contribution in [-0.2, 0) is 14.8 Å². The lowest BCUT2D eigenvalue weighted by molar-refractivity contribution is -0.122. The van der Waals surface area contributed by atoms with E-state index in [0.29, 0.717) is 10.7 Å². The topological polar surface area (TPSA) is 76.0 Å². The van der Waals surface area contributed by atoms with E-state index in [0.717, 1.165) is 41.6 Å². The molecule has 1 fully saturated rings. The van der Waals surface area contributed by atoms with Crippen molar-refractivity contribution >= 4 is 38.9 Å². The van der Waals surface area contributed by atoms with Gasteiger partial charge in [-0.2, -0.15) is 8.42 Å². The largest absolute Gasteiger partial charge is 0.497 e. The molecule has 1 amide bonds. The number of thioether (sulfide) groups is 1. The third kappa shape index (κ3) is 4.26. The van der Waals surface area contributed by atoms with Crippen molar-refractivity contribution in [3.05, 3.63) is 64.8 Å². The summed E-state index contributed by atoms with van der Waals surface area (Å²) in [4.78, 5) is 14.1. The van der Waals surface area contributed by atoms with Crippen molar-refractivity contribution in [2.24, 2.45) is 4.40 Å². The van der Waals surface area contributed by atoms with Gasteiger partial charge in [-0.1, -0.05) is 12.1 Å². The van der Waals surface area contributed by atoms with Gasteiger partial charge < -0.3 is 4.74 Å². The lowest BCUT2D eigenvalue weighted by atomic mass is 10.2. The summed E-state index contributed by atoms with van der Waals surface area (Å²) in [6, 6.07) is 11.5. The van der Waals surface area contributed by atoms with E-state index >= 15 is 0 Å².